The van der Waals surface area contributed by atoms with Crippen molar-refractivity contribution in [1.29, 1.82) is 0 Å². The van der Waals surface area contributed by atoms with Gasteiger partial charge in [-0.15, -0.1) is 0 Å². The van der Waals surface area contributed by atoms with E-state index in [1.807, 2.05) is 55.6 Å². The summed E-state index contributed by atoms with van der Waals surface area (Å²) in [5.74, 6) is -0.385. The molecule has 146 valence electrons. The zero-order valence-electron chi connectivity index (χ0n) is 15.7. The number of sulfonamides is 1. The Bertz CT molecular complexity index is 1060. The van der Waals surface area contributed by atoms with Gasteiger partial charge in [0.1, 0.15) is 6.54 Å². The summed E-state index contributed by atoms with van der Waals surface area (Å²) >= 11 is 0. The van der Waals surface area contributed by atoms with Crippen molar-refractivity contribution in [3.8, 4) is 5.69 Å². The van der Waals surface area contributed by atoms with Crippen LogP contribution in [0.15, 0.2) is 67.0 Å². The number of aromatic nitrogens is 2. The first-order valence-corrected chi connectivity index (χ1v) is 10.6. The molecule has 3 rings (SSSR count). The third kappa shape index (κ3) is 4.58. The van der Waals surface area contributed by atoms with E-state index < -0.39 is 10.0 Å². The highest BCUT2D eigenvalue weighted by molar-refractivity contribution is 7.92. The van der Waals surface area contributed by atoms with Gasteiger partial charge in [-0.1, -0.05) is 36.4 Å². The second-order valence-electron chi connectivity index (χ2n) is 6.41. The molecule has 2 aromatic carbocycles. The fourth-order valence-electron chi connectivity index (χ4n) is 2.90. The molecule has 0 fully saturated rings. The Labute approximate surface area is 164 Å². The quantitative estimate of drug-likeness (QED) is 0.662. The van der Waals surface area contributed by atoms with Gasteiger partial charge in [-0.2, -0.15) is 5.10 Å². The summed E-state index contributed by atoms with van der Waals surface area (Å²) < 4.78 is 27.3. The van der Waals surface area contributed by atoms with Crippen molar-refractivity contribution in [2.75, 3.05) is 17.1 Å². The minimum Gasteiger partial charge on any atom is -0.350 e. The van der Waals surface area contributed by atoms with Crippen LogP contribution in [0, 0.1) is 6.92 Å². The Morgan fingerprint density at radius 2 is 1.82 bits per heavy atom. The number of benzene rings is 2. The molecule has 0 unspecified atom stereocenters. The third-order valence-corrected chi connectivity index (χ3v) is 5.42. The molecule has 7 nitrogen and oxygen atoms in total. The Morgan fingerprint density at radius 1 is 1.11 bits per heavy atom. The van der Waals surface area contributed by atoms with Crippen molar-refractivity contribution in [2.24, 2.45) is 0 Å². The predicted octanol–water partition coefficient (Wildman–Crippen LogP) is 2.26. The number of nitrogens with zero attached hydrogens (tertiary/aromatic N) is 3. The van der Waals surface area contributed by atoms with Gasteiger partial charge in [0.25, 0.3) is 0 Å². The van der Waals surface area contributed by atoms with Gasteiger partial charge in [0, 0.05) is 18.9 Å². The average Bonchev–Trinajstić information content (AvgIpc) is 3.19. The maximum atomic E-state index is 12.5. The summed E-state index contributed by atoms with van der Waals surface area (Å²) in [4.78, 5) is 12.5. The van der Waals surface area contributed by atoms with Gasteiger partial charge in [0.15, 0.2) is 0 Å². The molecule has 0 saturated carbocycles. The molecule has 8 heteroatoms. The molecule has 1 N–H and O–H groups in total. The van der Waals surface area contributed by atoms with Gasteiger partial charge < -0.3 is 5.32 Å². The second-order valence-corrected chi connectivity index (χ2v) is 8.32. The van der Waals surface area contributed by atoms with E-state index >= 15 is 0 Å². The molecule has 0 bridgehead atoms. The lowest BCUT2D eigenvalue weighted by atomic mass is 10.1. The highest BCUT2D eigenvalue weighted by atomic mass is 32.2. The maximum absolute atomic E-state index is 12.5. The zero-order chi connectivity index (χ0) is 20.1. The fraction of sp³-hybridized carbons (Fsp3) is 0.200. The van der Waals surface area contributed by atoms with Crippen LogP contribution >= 0.6 is 0 Å². The SMILES string of the molecule is Cc1ccccc1N(CC(=O)NCc1ccccc1-n1cccn1)S(C)(=O)=O. The third-order valence-electron chi connectivity index (χ3n) is 4.29. The second kappa shape index (κ2) is 8.26. The molecule has 1 heterocycles. The Balaban J connectivity index is 1.74. The van der Waals surface area contributed by atoms with Gasteiger partial charge in [0.2, 0.25) is 15.9 Å². The predicted molar refractivity (Wildman–Crippen MR) is 109 cm³/mol. The van der Waals surface area contributed by atoms with Crippen molar-refractivity contribution in [1.82, 2.24) is 15.1 Å². The smallest absolute Gasteiger partial charge is 0.241 e. The van der Waals surface area contributed by atoms with Crippen molar-refractivity contribution < 1.29 is 13.2 Å². The number of hydrogen-bond acceptors (Lipinski definition) is 4. The number of rotatable bonds is 7. The number of nitrogens with one attached hydrogen (secondary N) is 1. The monoisotopic (exact) mass is 398 g/mol. The zero-order valence-corrected chi connectivity index (χ0v) is 16.6. The average molecular weight is 398 g/mol. The topological polar surface area (TPSA) is 84.3 Å². The number of carbonyl (C=O) groups excluding carboxylic acids is 1. The summed E-state index contributed by atoms with van der Waals surface area (Å²) in [5.41, 5.74) is 3.01. The number of carbonyl (C=O) groups is 1. The molecule has 0 aliphatic heterocycles. The van der Waals surface area contributed by atoms with Crippen LogP contribution in [0.1, 0.15) is 11.1 Å². The minimum atomic E-state index is -3.60. The standard InChI is InChI=1S/C20H22N4O3S/c1-16-8-3-5-10-18(16)24(28(2,26)27)15-20(25)21-14-17-9-4-6-11-19(17)23-13-7-12-22-23/h3-13H,14-15H2,1-2H3,(H,21,25). The van der Waals surface area contributed by atoms with Gasteiger partial charge >= 0.3 is 0 Å². The molecule has 3 aromatic rings. The number of aryl methyl sites for hydroxylation is 1. The molecule has 0 radical (unpaired) electrons. The Kier molecular flexibility index (Phi) is 5.79. The first-order valence-electron chi connectivity index (χ1n) is 8.74. The summed E-state index contributed by atoms with van der Waals surface area (Å²) in [5, 5.41) is 7.03. The van der Waals surface area contributed by atoms with Crippen LogP contribution in [0.5, 0.6) is 0 Å². The molecule has 28 heavy (non-hydrogen) atoms. The molecule has 1 aromatic heterocycles. The van der Waals surface area contributed by atoms with E-state index in [1.165, 1.54) is 0 Å². The highest BCUT2D eigenvalue weighted by Crippen LogP contribution is 2.21. The lowest BCUT2D eigenvalue weighted by Gasteiger charge is -2.23. The van der Waals surface area contributed by atoms with Crippen LogP contribution in [0.4, 0.5) is 5.69 Å². The molecule has 0 aliphatic carbocycles. The van der Waals surface area contributed by atoms with E-state index in [4.69, 9.17) is 0 Å². The summed E-state index contributed by atoms with van der Waals surface area (Å²) in [6.45, 7) is 1.79. The summed E-state index contributed by atoms with van der Waals surface area (Å²) in [6.07, 6.45) is 4.60. The molecule has 0 spiro atoms. The summed E-state index contributed by atoms with van der Waals surface area (Å²) in [7, 11) is -3.60. The lowest BCUT2D eigenvalue weighted by Crippen LogP contribution is -2.40. The van der Waals surface area contributed by atoms with Crippen LogP contribution in [0.3, 0.4) is 0 Å². The molecule has 1 amide bonds. The minimum absolute atomic E-state index is 0.264. The van der Waals surface area contributed by atoms with Gasteiger partial charge in [0.05, 0.1) is 17.6 Å². The molecular formula is C20H22N4O3S. The van der Waals surface area contributed by atoms with Crippen molar-refractivity contribution in [3.63, 3.8) is 0 Å². The maximum Gasteiger partial charge on any atom is 0.241 e. The Morgan fingerprint density at radius 3 is 2.50 bits per heavy atom. The van der Waals surface area contributed by atoms with E-state index in [1.54, 1.807) is 23.0 Å². The molecular weight excluding hydrogens is 376 g/mol. The molecule has 0 saturated heterocycles. The molecule has 0 aliphatic rings. The van der Waals surface area contributed by atoms with E-state index in [0.29, 0.717) is 5.69 Å². The Hall–Kier alpha value is -3.13. The number of para-hydroxylation sites is 2. The van der Waals surface area contributed by atoms with Gasteiger partial charge in [-0.25, -0.2) is 13.1 Å². The first-order chi connectivity index (χ1) is 13.4. The van der Waals surface area contributed by atoms with Crippen molar-refractivity contribution in [2.45, 2.75) is 13.5 Å². The van der Waals surface area contributed by atoms with Crippen molar-refractivity contribution in [3.05, 3.63) is 78.1 Å². The number of hydrogen-bond donors (Lipinski definition) is 1. The normalized spacial score (nSPS) is 11.2. The van der Waals surface area contributed by atoms with E-state index in [-0.39, 0.29) is 19.0 Å². The van der Waals surface area contributed by atoms with Crippen LogP contribution in [0.25, 0.3) is 5.69 Å². The van der Waals surface area contributed by atoms with Crippen LogP contribution in [0.2, 0.25) is 0 Å². The van der Waals surface area contributed by atoms with Crippen LogP contribution < -0.4 is 9.62 Å². The number of amides is 1. The molecule has 0 atom stereocenters. The number of anilines is 1. The van der Waals surface area contributed by atoms with Gasteiger partial charge in [-0.3, -0.25) is 9.10 Å². The van der Waals surface area contributed by atoms with E-state index in [0.717, 1.165) is 27.4 Å². The lowest BCUT2D eigenvalue weighted by molar-refractivity contribution is -0.119. The fourth-order valence-corrected chi connectivity index (χ4v) is 3.81. The van der Waals surface area contributed by atoms with Crippen molar-refractivity contribution >= 4 is 21.6 Å². The summed E-state index contributed by atoms with van der Waals surface area (Å²) in [6, 6.07) is 16.5. The largest absolute Gasteiger partial charge is 0.350 e. The first kappa shape index (κ1) is 19.6. The van der Waals surface area contributed by atoms with E-state index in [9.17, 15) is 13.2 Å². The highest BCUT2D eigenvalue weighted by Gasteiger charge is 2.22. The van der Waals surface area contributed by atoms with E-state index in [2.05, 4.69) is 10.4 Å². The van der Waals surface area contributed by atoms with Crippen LogP contribution in [-0.2, 0) is 21.4 Å². The van der Waals surface area contributed by atoms with Gasteiger partial charge in [-0.05, 0) is 36.2 Å². The van der Waals surface area contributed by atoms with Crippen LogP contribution in [-0.4, -0.2) is 36.9 Å².